The summed E-state index contributed by atoms with van der Waals surface area (Å²) < 4.78 is 5.15. The molecule has 2 aromatic carbocycles. The van der Waals surface area contributed by atoms with Crippen LogP contribution in [0, 0.1) is 0 Å². The number of nitrogens with one attached hydrogen (secondary N) is 2. The van der Waals surface area contributed by atoms with Gasteiger partial charge in [-0.3, -0.25) is 14.5 Å². The summed E-state index contributed by atoms with van der Waals surface area (Å²) >= 11 is 0. The first-order valence-electron chi connectivity index (χ1n) is 9.09. The lowest BCUT2D eigenvalue weighted by Crippen LogP contribution is -2.44. The second-order valence-electron chi connectivity index (χ2n) is 6.57. The van der Waals surface area contributed by atoms with E-state index in [0.29, 0.717) is 24.3 Å². The Hall–Kier alpha value is -3.35. The predicted octanol–water partition coefficient (Wildman–Crippen LogP) is 2.17. The minimum atomic E-state index is -1.18. The Kier molecular flexibility index (Phi) is 5.63. The Balaban J connectivity index is 1.71. The van der Waals surface area contributed by atoms with Gasteiger partial charge in [0, 0.05) is 6.54 Å². The number of hydrogen-bond acceptors (Lipinski definition) is 4. The van der Waals surface area contributed by atoms with Crippen LogP contribution in [0.3, 0.4) is 0 Å². The number of methoxy groups -OCH3 is 1. The number of nitrogens with zero attached hydrogens (tertiary/aromatic N) is 1. The lowest BCUT2D eigenvalue weighted by Gasteiger charge is -2.26. The molecule has 0 aromatic heterocycles. The molecule has 3 rings (SSSR count). The maximum absolute atomic E-state index is 13.1. The Bertz CT molecular complexity index is 867. The third kappa shape index (κ3) is 3.69. The Morgan fingerprint density at radius 3 is 2.39 bits per heavy atom. The fourth-order valence-electron chi connectivity index (χ4n) is 3.28. The minimum absolute atomic E-state index is 0.324. The van der Waals surface area contributed by atoms with Crippen molar-refractivity contribution in [1.82, 2.24) is 15.5 Å². The Labute approximate surface area is 163 Å². The molecule has 2 aromatic rings. The first-order chi connectivity index (χ1) is 13.5. The van der Waals surface area contributed by atoms with Gasteiger partial charge >= 0.3 is 6.03 Å². The largest absolute Gasteiger partial charge is 0.497 e. The number of urea groups is 1. The first-order valence-corrected chi connectivity index (χ1v) is 9.09. The SMILES string of the molecule is CC[C@@]1(c2ccc(OC)cc2)NC(=O)N(CC(=O)NCc2ccccc2)C1=O. The molecule has 28 heavy (non-hydrogen) atoms. The second-order valence-corrected chi connectivity index (χ2v) is 6.57. The molecule has 4 amide bonds. The van der Waals surface area contributed by atoms with Gasteiger partial charge in [-0.25, -0.2) is 4.79 Å². The van der Waals surface area contributed by atoms with E-state index in [1.807, 2.05) is 37.3 Å². The maximum Gasteiger partial charge on any atom is 0.325 e. The summed E-state index contributed by atoms with van der Waals surface area (Å²) in [6, 6.07) is 15.8. The van der Waals surface area contributed by atoms with Gasteiger partial charge in [0.2, 0.25) is 5.91 Å². The van der Waals surface area contributed by atoms with Crippen LogP contribution >= 0.6 is 0 Å². The summed E-state index contributed by atoms with van der Waals surface area (Å²) in [6.07, 6.45) is 0.367. The molecule has 0 radical (unpaired) electrons. The van der Waals surface area contributed by atoms with Gasteiger partial charge in [-0.2, -0.15) is 0 Å². The molecule has 146 valence electrons. The van der Waals surface area contributed by atoms with Crippen LogP contribution < -0.4 is 15.4 Å². The van der Waals surface area contributed by atoms with Crippen molar-refractivity contribution in [2.75, 3.05) is 13.7 Å². The lowest BCUT2D eigenvalue weighted by molar-refractivity contribution is -0.135. The van der Waals surface area contributed by atoms with Gasteiger partial charge in [0.15, 0.2) is 0 Å². The molecule has 1 atom stereocenters. The van der Waals surface area contributed by atoms with Crippen molar-refractivity contribution in [2.24, 2.45) is 0 Å². The normalized spacial score (nSPS) is 18.7. The molecular formula is C21H23N3O4. The zero-order valence-electron chi connectivity index (χ0n) is 15.9. The number of benzene rings is 2. The Morgan fingerprint density at radius 2 is 1.79 bits per heavy atom. The third-order valence-electron chi connectivity index (χ3n) is 4.92. The molecule has 1 aliphatic rings. The molecule has 7 heteroatoms. The molecule has 1 fully saturated rings. The summed E-state index contributed by atoms with van der Waals surface area (Å²) in [5, 5.41) is 5.50. The van der Waals surface area contributed by atoms with Crippen LogP contribution in [0.15, 0.2) is 54.6 Å². The van der Waals surface area contributed by atoms with Crippen molar-refractivity contribution in [3.8, 4) is 5.75 Å². The zero-order valence-corrected chi connectivity index (χ0v) is 15.9. The monoisotopic (exact) mass is 381 g/mol. The highest BCUT2D eigenvalue weighted by Crippen LogP contribution is 2.33. The van der Waals surface area contributed by atoms with E-state index >= 15 is 0 Å². The fourth-order valence-corrected chi connectivity index (χ4v) is 3.28. The maximum atomic E-state index is 13.1. The molecule has 0 unspecified atom stereocenters. The van der Waals surface area contributed by atoms with Gasteiger partial charge in [0.1, 0.15) is 17.8 Å². The predicted molar refractivity (Wildman–Crippen MR) is 103 cm³/mol. The molecule has 1 heterocycles. The van der Waals surface area contributed by atoms with Crippen LogP contribution in [0.2, 0.25) is 0 Å². The first kappa shape index (κ1) is 19.4. The van der Waals surface area contributed by atoms with E-state index in [4.69, 9.17) is 4.74 Å². The summed E-state index contributed by atoms with van der Waals surface area (Å²) in [4.78, 5) is 38.8. The fraction of sp³-hybridized carbons (Fsp3) is 0.286. The molecule has 0 aliphatic carbocycles. The molecule has 1 aliphatic heterocycles. The van der Waals surface area contributed by atoms with E-state index < -0.39 is 23.4 Å². The van der Waals surface area contributed by atoms with Gasteiger partial charge in [0.05, 0.1) is 7.11 Å². The zero-order chi connectivity index (χ0) is 20.1. The van der Waals surface area contributed by atoms with E-state index in [9.17, 15) is 14.4 Å². The standard InChI is InChI=1S/C21H23N3O4/c1-3-21(16-9-11-17(28-2)12-10-16)19(26)24(20(27)23-21)14-18(25)22-13-15-7-5-4-6-8-15/h4-12H,3,13-14H2,1-2H3,(H,22,25)(H,23,27)/t21-/m0/s1. The van der Waals surface area contributed by atoms with Gasteiger partial charge in [-0.05, 0) is 29.7 Å². The van der Waals surface area contributed by atoms with Crippen LogP contribution in [-0.2, 0) is 21.7 Å². The molecule has 2 N–H and O–H groups in total. The highest BCUT2D eigenvalue weighted by molar-refractivity contribution is 6.09. The van der Waals surface area contributed by atoms with Gasteiger partial charge < -0.3 is 15.4 Å². The smallest absolute Gasteiger partial charge is 0.325 e. The van der Waals surface area contributed by atoms with E-state index in [1.165, 1.54) is 0 Å². The van der Waals surface area contributed by atoms with Gasteiger partial charge in [0.25, 0.3) is 5.91 Å². The number of ether oxygens (including phenoxy) is 1. The summed E-state index contributed by atoms with van der Waals surface area (Å²) in [5.74, 6) is -0.169. The molecular weight excluding hydrogens is 358 g/mol. The topological polar surface area (TPSA) is 87.7 Å². The van der Waals surface area contributed by atoms with E-state index in [2.05, 4.69) is 10.6 Å². The highest BCUT2D eigenvalue weighted by Gasteiger charge is 2.51. The summed E-state index contributed by atoms with van der Waals surface area (Å²) in [6.45, 7) is 1.83. The molecule has 0 saturated carbocycles. The van der Waals surface area contributed by atoms with Crippen LogP contribution in [0.4, 0.5) is 4.79 Å². The van der Waals surface area contributed by atoms with Crippen LogP contribution in [0.25, 0.3) is 0 Å². The van der Waals surface area contributed by atoms with Crippen LogP contribution in [0.1, 0.15) is 24.5 Å². The van der Waals surface area contributed by atoms with Crippen LogP contribution in [-0.4, -0.2) is 36.4 Å². The van der Waals surface area contributed by atoms with Gasteiger partial charge in [-0.15, -0.1) is 0 Å². The number of imide groups is 1. The van der Waals surface area contributed by atoms with Gasteiger partial charge in [-0.1, -0.05) is 49.4 Å². The number of carbonyl (C=O) groups excluding carboxylic acids is 3. The van der Waals surface area contributed by atoms with Crippen molar-refractivity contribution in [2.45, 2.75) is 25.4 Å². The summed E-state index contributed by atoms with van der Waals surface area (Å²) in [5.41, 5.74) is 0.416. The second kappa shape index (κ2) is 8.12. The van der Waals surface area contributed by atoms with Crippen molar-refractivity contribution in [3.63, 3.8) is 0 Å². The minimum Gasteiger partial charge on any atom is -0.497 e. The highest BCUT2D eigenvalue weighted by atomic mass is 16.5. The van der Waals surface area contributed by atoms with Crippen molar-refractivity contribution < 1.29 is 19.1 Å². The number of amides is 4. The quantitative estimate of drug-likeness (QED) is 0.720. The summed E-state index contributed by atoms with van der Waals surface area (Å²) in [7, 11) is 1.56. The van der Waals surface area contributed by atoms with E-state index in [0.717, 1.165) is 10.5 Å². The van der Waals surface area contributed by atoms with Crippen LogP contribution in [0.5, 0.6) is 5.75 Å². The molecule has 7 nitrogen and oxygen atoms in total. The molecule has 0 spiro atoms. The molecule has 0 bridgehead atoms. The third-order valence-corrected chi connectivity index (χ3v) is 4.92. The Morgan fingerprint density at radius 1 is 1.11 bits per heavy atom. The number of carbonyl (C=O) groups is 3. The van der Waals surface area contributed by atoms with Crippen molar-refractivity contribution in [3.05, 3.63) is 65.7 Å². The number of hydrogen-bond donors (Lipinski definition) is 2. The van der Waals surface area contributed by atoms with E-state index in [1.54, 1.807) is 31.4 Å². The molecule has 1 saturated heterocycles. The average molecular weight is 381 g/mol. The van der Waals surface area contributed by atoms with Crippen molar-refractivity contribution >= 4 is 17.8 Å². The average Bonchev–Trinajstić information content (AvgIpc) is 2.98. The van der Waals surface area contributed by atoms with Crippen molar-refractivity contribution in [1.29, 1.82) is 0 Å². The lowest BCUT2D eigenvalue weighted by atomic mass is 9.87. The number of rotatable bonds is 7. The van der Waals surface area contributed by atoms with E-state index in [-0.39, 0.29) is 6.54 Å².